The second kappa shape index (κ2) is 9.07. The molecule has 2 N–H and O–H groups in total. The van der Waals surface area contributed by atoms with E-state index in [0.717, 1.165) is 71.3 Å². The topological polar surface area (TPSA) is 77.7 Å². The molecule has 0 unspecified atom stereocenters. The first kappa shape index (κ1) is 22.9. The standard InChI is InChI=1S/C28H30N4O3/c1-17-24(29-18(2)25(17)28(34)32-14-12-31(3)13-15-32)16-22-26-21(6-5-7-23(26)30-27(22)33)19-8-10-20(35-4)11-9-19/h5-11,16,29H,12-15H2,1-4H3,(H,30,33). The molecule has 0 aliphatic carbocycles. The van der Waals surface area contributed by atoms with E-state index in [-0.39, 0.29) is 11.8 Å². The van der Waals surface area contributed by atoms with Crippen LogP contribution >= 0.6 is 0 Å². The minimum atomic E-state index is -0.153. The molecule has 3 heterocycles. The Labute approximate surface area is 205 Å². The van der Waals surface area contributed by atoms with Gasteiger partial charge in [0.15, 0.2) is 0 Å². The summed E-state index contributed by atoms with van der Waals surface area (Å²) in [5, 5.41) is 2.99. The Morgan fingerprint density at radius 2 is 1.74 bits per heavy atom. The molecule has 2 aliphatic heterocycles. The number of aromatic nitrogens is 1. The number of carbonyl (C=O) groups excluding carboxylic acids is 2. The van der Waals surface area contributed by atoms with E-state index in [4.69, 9.17) is 4.74 Å². The van der Waals surface area contributed by atoms with Crippen LogP contribution in [0, 0.1) is 13.8 Å². The molecule has 0 spiro atoms. The molecule has 2 aliphatic rings. The van der Waals surface area contributed by atoms with Crippen LogP contribution in [-0.2, 0) is 4.79 Å². The fourth-order valence-corrected chi connectivity index (χ4v) is 4.95. The van der Waals surface area contributed by atoms with Crippen molar-refractivity contribution in [3.8, 4) is 16.9 Å². The molecule has 5 rings (SSSR count). The van der Waals surface area contributed by atoms with Crippen LogP contribution in [-0.4, -0.2) is 66.9 Å². The van der Waals surface area contributed by atoms with E-state index >= 15 is 0 Å². The number of H-pyrrole nitrogens is 1. The number of aryl methyl sites for hydroxylation is 1. The van der Waals surface area contributed by atoms with Crippen molar-refractivity contribution >= 4 is 29.2 Å². The number of nitrogens with one attached hydrogen (secondary N) is 2. The SMILES string of the molecule is COc1ccc(-c2cccc3c2C(=Cc2[nH]c(C)c(C(=O)N4CCN(C)CC4)c2C)C(=O)N3)cc1. The Hall–Kier alpha value is -3.84. The van der Waals surface area contributed by atoms with Gasteiger partial charge in [0.25, 0.3) is 11.8 Å². The highest BCUT2D eigenvalue weighted by Gasteiger charge is 2.29. The van der Waals surface area contributed by atoms with Gasteiger partial charge in [-0.1, -0.05) is 24.3 Å². The Bertz CT molecular complexity index is 1330. The number of nitrogens with zero attached hydrogens (tertiary/aromatic N) is 2. The van der Waals surface area contributed by atoms with E-state index in [9.17, 15) is 9.59 Å². The average Bonchev–Trinajstić information content (AvgIpc) is 3.33. The number of ether oxygens (including phenoxy) is 1. The summed E-state index contributed by atoms with van der Waals surface area (Å²) in [5.41, 5.74) is 7.34. The lowest BCUT2D eigenvalue weighted by atomic mass is 9.94. The Morgan fingerprint density at radius 1 is 1.03 bits per heavy atom. The van der Waals surface area contributed by atoms with E-state index in [2.05, 4.69) is 22.2 Å². The largest absolute Gasteiger partial charge is 0.497 e. The van der Waals surface area contributed by atoms with Crippen molar-refractivity contribution in [1.82, 2.24) is 14.8 Å². The van der Waals surface area contributed by atoms with Gasteiger partial charge in [-0.2, -0.15) is 0 Å². The van der Waals surface area contributed by atoms with Gasteiger partial charge in [-0.3, -0.25) is 9.59 Å². The van der Waals surface area contributed by atoms with Crippen molar-refractivity contribution in [2.45, 2.75) is 13.8 Å². The molecule has 1 aromatic heterocycles. The summed E-state index contributed by atoms with van der Waals surface area (Å²) in [7, 11) is 3.71. The van der Waals surface area contributed by atoms with Gasteiger partial charge in [0, 0.05) is 48.8 Å². The first-order chi connectivity index (χ1) is 16.9. The lowest BCUT2D eigenvalue weighted by Gasteiger charge is -2.32. The molecule has 2 amide bonds. The number of amides is 2. The maximum absolute atomic E-state index is 13.3. The van der Waals surface area contributed by atoms with Crippen molar-refractivity contribution in [1.29, 1.82) is 0 Å². The number of aromatic amines is 1. The summed E-state index contributed by atoms with van der Waals surface area (Å²) in [6.45, 7) is 7.05. The second-order valence-corrected chi connectivity index (χ2v) is 9.23. The highest BCUT2D eigenvalue weighted by atomic mass is 16.5. The smallest absolute Gasteiger partial charge is 0.256 e. The zero-order valence-corrected chi connectivity index (χ0v) is 20.6. The monoisotopic (exact) mass is 470 g/mol. The molecule has 1 saturated heterocycles. The molecule has 35 heavy (non-hydrogen) atoms. The normalized spacial score (nSPS) is 17.0. The van der Waals surface area contributed by atoms with Crippen molar-refractivity contribution < 1.29 is 14.3 Å². The number of methoxy groups -OCH3 is 1. The van der Waals surface area contributed by atoms with Gasteiger partial charge in [0.1, 0.15) is 5.75 Å². The summed E-state index contributed by atoms with van der Waals surface area (Å²) in [6, 6.07) is 13.7. The number of hydrogen-bond donors (Lipinski definition) is 2. The fourth-order valence-electron chi connectivity index (χ4n) is 4.95. The number of carbonyl (C=O) groups is 2. The zero-order chi connectivity index (χ0) is 24.7. The minimum Gasteiger partial charge on any atom is -0.497 e. The quantitative estimate of drug-likeness (QED) is 0.561. The molecule has 0 atom stereocenters. The fraction of sp³-hybridized carbons (Fsp3) is 0.286. The van der Waals surface area contributed by atoms with Crippen LogP contribution < -0.4 is 10.1 Å². The van der Waals surface area contributed by atoms with Crippen LogP contribution in [0.15, 0.2) is 42.5 Å². The summed E-state index contributed by atoms with van der Waals surface area (Å²) < 4.78 is 5.29. The molecular formula is C28H30N4O3. The predicted octanol–water partition coefficient (Wildman–Crippen LogP) is 4.19. The second-order valence-electron chi connectivity index (χ2n) is 9.23. The number of rotatable bonds is 4. The van der Waals surface area contributed by atoms with Gasteiger partial charge < -0.3 is 24.8 Å². The summed E-state index contributed by atoms with van der Waals surface area (Å²) in [5.74, 6) is 0.671. The third-order valence-corrected chi connectivity index (χ3v) is 7.00. The third-order valence-electron chi connectivity index (χ3n) is 7.00. The van der Waals surface area contributed by atoms with E-state index in [1.165, 1.54) is 0 Å². The first-order valence-electron chi connectivity index (χ1n) is 11.8. The molecular weight excluding hydrogens is 440 g/mol. The third kappa shape index (κ3) is 4.12. The molecule has 0 bridgehead atoms. The van der Waals surface area contributed by atoms with Gasteiger partial charge in [-0.05, 0) is 61.9 Å². The van der Waals surface area contributed by atoms with Crippen molar-refractivity contribution in [3.05, 3.63) is 70.5 Å². The van der Waals surface area contributed by atoms with Crippen LogP contribution in [0.25, 0.3) is 22.8 Å². The lowest BCUT2D eigenvalue weighted by Crippen LogP contribution is -2.47. The van der Waals surface area contributed by atoms with Crippen LogP contribution in [0.2, 0.25) is 0 Å². The molecule has 2 aromatic carbocycles. The summed E-state index contributed by atoms with van der Waals surface area (Å²) in [6.07, 6.45) is 1.87. The molecule has 7 nitrogen and oxygen atoms in total. The van der Waals surface area contributed by atoms with Gasteiger partial charge in [-0.25, -0.2) is 0 Å². The Balaban J connectivity index is 1.54. The first-order valence-corrected chi connectivity index (χ1v) is 11.8. The number of fused-ring (bicyclic) bond motifs is 1. The van der Waals surface area contributed by atoms with Crippen LogP contribution in [0.5, 0.6) is 5.75 Å². The van der Waals surface area contributed by atoms with E-state index in [0.29, 0.717) is 11.1 Å². The highest BCUT2D eigenvalue weighted by Crippen LogP contribution is 2.41. The Morgan fingerprint density at radius 3 is 2.43 bits per heavy atom. The average molecular weight is 471 g/mol. The summed E-state index contributed by atoms with van der Waals surface area (Å²) >= 11 is 0. The van der Waals surface area contributed by atoms with Crippen molar-refractivity contribution in [2.24, 2.45) is 0 Å². The molecule has 1 fully saturated rings. The summed E-state index contributed by atoms with van der Waals surface area (Å²) in [4.78, 5) is 33.9. The molecule has 7 heteroatoms. The number of anilines is 1. The van der Waals surface area contributed by atoms with Crippen LogP contribution in [0.4, 0.5) is 5.69 Å². The number of likely N-dealkylation sites (N-methyl/N-ethyl adjacent to an activating group) is 1. The van der Waals surface area contributed by atoms with Gasteiger partial charge >= 0.3 is 0 Å². The maximum atomic E-state index is 13.3. The van der Waals surface area contributed by atoms with Crippen molar-refractivity contribution in [2.75, 3.05) is 45.7 Å². The number of hydrogen-bond acceptors (Lipinski definition) is 4. The number of benzene rings is 2. The van der Waals surface area contributed by atoms with Crippen LogP contribution in [0.3, 0.4) is 0 Å². The van der Waals surface area contributed by atoms with Gasteiger partial charge in [0.05, 0.1) is 18.2 Å². The number of piperazine rings is 1. The minimum absolute atomic E-state index is 0.0456. The van der Waals surface area contributed by atoms with Gasteiger partial charge in [0.2, 0.25) is 0 Å². The molecule has 0 saturated carbocycles. The van der Waals surface area contributed by atoms with Crippen molar-refractivity contribution in [3.63, 3.8) is 0 Å². The van der Waals surface area contributed by atoms with E-state index in [1.807, 2.05) is 67.3 Å². The molecule has 0 radical (unpaired) electrons. The van der Waals surface area contributed by atoms with E-state index in [1.54, 1.807) is 7.11 Å². The van der Waals surface area contributed by atoms with Crippen LogP contribution in [0.1, 0.15) is 32.9 Å². The van der Waals surface area contributed by atoms with E-state index < -0.39 is 0 Å². The lowest BCUT2D eigenvalue weighted by molar-refractivity contribution is -0.110. The highest BCUT2D eigenvalue weighted by molar-refractivity contribution is 6.36. The molecule has 180 valence electrons. The maximum Gasteiger partial charge on any atom is 0.256 e. The molecule has 3 aromatic rings. The Kier molecular flexibility index (Phi) is 5.94. The predicted molar refractivity (Wildman–Crippen MR) is 139 cm³/mol. The van der Waals surface area contributed by atoms with Gasteiger partial charge in [-0.15, -0.1) is 0 Å². The zero-order valence-electron chi connectivity index (χ0n) is 20.6.